The van der Waals surface area contributed by atoms with Gasteiger partial charge >= 0.3 is 5.97 Å². The van der Waals surface area contributed by atoms with Gasteiger partial charge in [-0.25, -0.2) is 4.79 Å². The number of nitriles is 1. The van der Waals surface area contributed by atoms with E-state index in [1.165, 1.54) is 7.11 Å². The molecule has 0 aromatic heterocycles. The highest BCUT2D eigenvalue weighted by molar-refractivity contribution is 5.89. The van der Waals surface area contributed by atoms with Crippen molar-refractivity contribution in [3.63, 3.8) is 0 Å². The highest BCUT2D eigenvalue weighted by Crippen LogP contribution is 2.17. The molecule has 2 rings (SSSR count). The quantitative estimate of drug-likeness (QED) is 0.795. The van der Waals surface area contributed by atoms with Gasteiger partial charge in [-0.3, -0.25) is 0 Å². The van der Waals surface area contributed by atoms with Crippen LogP contribution in [0, 0.1) is 17.2 Å². The van der Waals surface area contributed by atoms with Gasteiger partial charge in [-0.1, -0.05) is 24.3 Å². The SMILES string of the molecule is COC(=O)c1ccc(CC(CO)CCc2ccc(C#N)cc2)cc1. The molecule has 2 aromatic carbocycles. The molecule has 1 N–H and O–H groups in total. The molecule has 0 saturated heterocycles. The van der Waals surface area contributed by atoms with Gasteiger partial charge in [-0.05, 0) is 60.6 Å². The lowest BCUT2D eigenvalue weighted by Crippen LogP contribution is -2.11. The van der Waals surface area contributed by atoms with E-state index in [2.05, 4.69) is 10.8 Å². The van der Waals surface area contributed by atoms with Crippen molar-refractivity contribution in [2.45, 2.75) is 19.3 Å². The number of ether oxygens (including phenoxy) is 1. The number of carbonyl (C=O) groups excluding carboxylic acids is 1. The number of rotatable bonds is 7. The molecule has 0 aliphatic heterocycles. The van der Waals surface area contributed by atoms with Crippen LogP contribution in [0.3, 0.4) is 0 Å². The van der Waals surface area contributed by atoms with E-state index >= 15 is 0 Å². The van der Waals surface area contributed by atoms with Crippen molar-refractivity contribution >= 4 is 5.97 Å². The molecular formula is C20H21NO3. The van der Waals surface area contributed by atoms with Gasteiger partial charge < -0.3 is 9.84 Å². The number of nitrogens with zero attached hydrogens (tertiary/aromatic N) is 1. The van der Waals surface area contributed by atoms with Gasteiger partial charge in [0.25, 0.3) is 0 Å². The van der Waals surface area contributed by atoms with Crippen molar-refractivity contribution in [3.05, 3.63) is 70.8 Å². The fraction of sp³-hybridized carbons (Fsp3) is 0.300. The second-order valence-corrected chi connectivity index (χ2v) is 5.79. The highest BCUT2D eigenvalue weighted by atomic mass is 16.5. The normalized spacial score (nSPS) is 11.5. The number of aryl methyl sites for hydroxylation is 1. The van der Waals surface area contributed by atoms with E-state index in [-0.39, 0.29) is 18.5 Å². The number of hydrogen-bond acceptors (Lipinski definition) is 4. The Morgan fingerprint density at radius 1 is 1.12 bits per heavy atom. The third-order valence-electron chi connectivity index (χ3n) is 4.08. The zero-order chi connectivity index (χ0) is 17.4. The summed E-state index contributed by atoms with van der Waals surface area (Å²) in [6.07, 6.45) is 2.48. The molecule has 0 aliphatic rings. The summed E-state index contributed by atoms with van der Waals surface area (Å²) < 4.78 is 4.68. The minimum absolute atomic E-state index is 0.120. The van der Waals surface area contributed by atoms with E-state index in [0.717, 1.165) is 30.4 Å². The molecule has 24 heavy (non-hydrogen) atoms. The first-order valence-corrected chi connectivity index (χ1v) is 7.93. The summed E-state index contributed by atoms with van der Waals surface area (Å²) in [4.78, 5) is 11.4. The Kier molecular flexibility index (Phi) is 6.53. The molecule has 0 amide bonds. The summed E-state index contributed by atoms with van der Waals surface area (Å²) in [5, 5.41) is 18.4. The number of carbonyl (C=O) groups is 1. The Morgan fingerprint density at radius 2 is 1.75 bits per heavy atom. The lowest BCUT2D eigenvalue weighted by Gasteiger charge is -2.14. The second kappa shape index (κ2) is 8.85. The Balaban J connectivity index is 1.91. The average molecular weight is 323 g/mol. The van der Waals surface area contributed by atoms with Crippen molar-refractivity contribution in [3.8, 4) is 6.07 Å². The van der Waals surface area contributed by atoms with Crippen LogP contribution >= 0.6 is 0 Å². The van der Waals surface area contributed by atoms with Gasteiger partial charge in [-0.15, -0.1) is 0 Å². The smallest absolute Gasteiger partial charge is 0.337 e. The van der Waals surface area contributed by atoms with E-state index < -0.39 is 0 Å². The van der Waals surface area contributed by atoms with Gasteiger partial charge in [0, 0.05) is 6.61 Å². The number of aliphatic hydroxyl groups excluding tert-OH is 1. The minimum atomic E-state index is -0.346. The topological polar surface area (TPSA) is 70.3 Å². The van der Waals surface area contributed by atoms with Crippen LogP contribution in [0.1, 0.15) is 33.5 Å². The predicted octanol–water partition coefficient (Wildman–Crippen LogP) is 3.13. The molecule has 0 bridgehead atoms. The van der Waals surface area contributed by atoms with Gasteiger partial charge in [0.05, 0.1) is 24.3 Å². The zero-order valence-corrected chi connectivity index (χ0v) is 13.7. The fourth-order valence-electron chi connectivity index (χ4n) is 2.60. The molecule has 1 unspecified atom stereocenters. The van der Waals surface area contributed by atoms with Crippen LogP contribution in [0.2, 0.25) is 0 Å². The maximum absolute atomic E-state index is 11.4. The van der Waals surface area contributed by atoms with Gasteiger partial charge in [-0.2, -0.15) is 5.26 Å². The lowest BCUT2D eigenvalue weighted by atomic mass is 9.93. The molecular weight excluding hydrogens is 302 g/mol. The Morgan fingerprint density at radius 3 is 2.29 bits per heavy atom. The summed E-state index contributed by atoms with van der Waals surface area (Å²) in [6, 6.07) is 16.9. The van der Waals surface area contributed by atoms with E-state index in [1.54, 1.807) is 12.1 Å². The molecule has 0 aliphatic carbocycles. The average Bonchev–Trinajstić information content (AvgIpc) is 2.65. The largest absolute Gasteiger partial charge is 0.465 e. The number of benzene rings is 2. The van der Waals surface area contributed by atoms with Crippen LogP contribution in [0.4, 0.5) is 0 Å². The van der Waals surface area contributed by atoms with Gasteiger partial charge in [0.15, 0.2) is 0 Å². The first-order chi connectivity index (χ1) is 11.7. The fourth-order valence-corrected chi connectivity index (χ4v) is 2.60. The number of hydrogen-bond donors (Lipinski definition) is 1. The lowest BCUT2D eigenvalue weighted by molar-refractivity contribution is 0.0600. The minimum Gasteiger partial charge on any atom is -0.465 e. The molecule has 0 heterocycles. The Labute approximate surface area is 142 Å². The Bertz CT molecular complexity index is 699. The van der Waals surface area contributed by atoms with E-state index in [4.69, 9.17) is 5.26 Å². The number of aliphatic hydroxyl groups is 1. The van der Waals surface area contributed by atoms with Crippen LogP contribution in [0.5, 0.6) is 0 Å². The Hall–Kier alpha value is -2.64. The molecule has 124 valence electrons. The van der Waals surface area contributed by atoms with Crippen molar-refractivity contribution in [2.75, 3.05) is 13.7 Å². The molecule has 2 aromatic rings. The summed E-state index contributed by atoms with van der Waals surface area (Å²) in [5.74, 6) is -0.189. The van der Waals surface area contributed by atoms with Gasteiger partial charge in [0.1, 0.15) is 0 Å². The number of esters is 1. The molecule has 0 radical (unpaired) electrons. The van der Waals surface area contributed by atoms with Crippen LogP contribution < -0.4 is 0 Å². The predicted molar refractivity (Wildman–Crippen MR) is 91.5 cm³/mol. The first kappa shape index (κ1) is 17.7. The van der Waals surface area contributed by atoms with Crippen LogP contribution in [0.15, 0.2) is 48.5 Å². The maximum atomic E-state index is 11.4. The number of methoxy groups -OCH3 is 1. The third-order valence-corrected chi connectivity index (χ3v) is 4.08. The van der Waals surface area contributed by atoms with Crippen molar-refractivity contribution in [1.82, 2.24) is 0 Å². The molecule has 0 spiro atoms. The van der Waals surface area contributed by atoms with Crippen LogP contribution in [-0.4, -0.2) is 24.8 Å². The maximum Gasteiger partial charge on any atom is 0.337 e. The second-order valence-electron chi connectivity index (χ2n) is 5.79. The van der Waals surface area contributed by atoms with E-state index in [1.807, 2.05) is 36.4 Å². The van der Waals surface area contributed by atoms with E-state index in [9.17, 15) is 9.90 Å². The summed E-state index contributed by atoms with van der Waals surface area (Å²) in [6.45, 7) is 0.120. The van der Waals surface area contributed by atoms with Crippen LogP contribution in [0.25, 0.3) is 0 Å². The summed E-state index contributed by atoms with van der Waals surface area (Å²) >= 11 is 0. The molecule has 0 fully saturated rings. The molecule has 1 atom stereocenters. The van der Waals surface area contributed by atoms with Crippen molar-refractivity contribution < 1.29 is 14.6 Å². The van der Waals surface area contributed by atoms with Crippen molar-refractivity contribution in [2.24, 2.45) is 5.92 Å². The molecule has 0 saturated carbocycles. The highest BCUT2D eigenvalue weighted by Gasteiger charge is 2.11. The monoisotopic (exact) mass is 323 g/mol. The molecule has 4 heteroatoms. The van der Waals surface area contributed by atoms with Gasteiger partial charge in [0.2, 0.25) is 0 Å². The third kappa shape index (κ3) is 4.94. The zero-order valence-electron chi connectivity index (χ0n) is 13.7. The standard InChI is InChI=1S/C20H21NO3/c1-24-20(23)19-10-8-16(9-11-19)12-18(14-22)7-4-15-2-5-17(13-21)6-3-15/h2-3,5-6,8-11,18,22H,4,7,12,14H2,1H3. The van der Waals surface area contributed by atoms with Crippen molar-refractivity contribution in [1.29, 1.82) is 5.26 Å². The summed E-state index contributed by atoms with van der Waals surface area (Å²) in [7, 11) is 1.36. The first-order valence-electron chi connectivity index (χ1n) is 7.93. The molecule has 4 nitrogen and oxygen atoms in total. The van der Waals surface area contributed by atoms with Crippen LogP contribution in [-0.2, 0) is 17.6 Å². The summed E-state index contributed by atoms with van der Waals surface area (Å²) in [5.41, 5.74) is 3.43. The van der Waals surface area contributed by atoms with E-state index in [0.29, 0.717) is 11.1 Å².